The number of amides is 1. The molecule has 0 saturated carbocycles. The molecule has 0 N–H and O–H groups in total. The molecule has 2 aliphatic rings. The second kappa shape index (κ2) is 11.7. The van der Waals surface area contributed by atoms with Crippen LogP contribution < -0.4 is 4.90 Å². The topological polar surface area (TPSA) is 107 Å². The number of carbonyl (C=O) groups is 1. The highest BCUT2D eigenvalue weighted by atomic mass is 32.2. The van der Waals surface area contributed by atoms with Crippen molar-refractivity contribution in [1.29, 1.82) is 0 Å². The summed E-state index contributed by atoms with van der Waals surface area (Å²) in [6, 6.07) is 12.0. The summed E-state index contributed by atoms with van der Waals surface area (Å²) >= 11 is 1.00. The Morgan fingerprint density at radius 3 is 2.34 bits per heavy atom. The molecule has 41 heavy (non-hydrogen) atoms. The molecule has 0 unspecified atom stereocenters. The van der Waals surface area contributed by atoms with E-state index >= 15 is 0 Å². The van der Waals surface area contributed by atoms with E-state index in [0.717, 1.165) is 27.8 Å². The number of aromatic nitrogens is 3. The van der Waals surface area contributed by atoms with E-state index in [-0.39, 0.29) is 17.1 Å². The molecular weight excluding hydrogens is 583 g/mol. The second-order valence-electron chi connectivity index (χ2n) is 9.26. The summed E-state index contributed by atoms with van der Waals surface area (Å²) in [6.07, 6.45) is -1.58. The molecule has 0 aliphatic carbocycles. The van der Waals surface area contributed by atoms with Crippen LogP contribution in [0.4, 0.5) is 23.7 Å². The Hall–Kier alpha value is -3.69. The zero-order valence-electron chi connectivity index (χ0n) is 21.8. The van der Waals surface area contributed by atoms with Crippen LogP contribution in [-0.4, -0.2) is 78.8 Å². The Bertz CT molecular complexity index is 1610. The van der Waals surface area contributed by atoms with Gasteiger partial charge in [-0.05, 0) is 31.2 Å². The minimum atomic E-state index is -4.29. The van der Waals surface area contributed by atoms with Crippen molar-refractivity contribution in [2.75, 3.05) is 44.3 Å². The number of halogens is 3. The minimum Gasteiger partial charge on any atom is -0.441 e. The van der Waals surface area contributed by atoms with Gasteiger partial charge in [-0.1, -0.05) is 18.2 Å². The van der Waals surface area contributed by atoms with Gasteiger partial charge in [0.2, 0.25) is 0 Å². The first-order valence-electron chi connectivity index (χ1n) is 12.6. The van der Waals surface area contributed by atoms with Crippen LogP contribution in [0, 0.1) is 6.92 Å². The maximum atomic E-state index is 13.1. The van der Waals surface area contributed by atoms with Gasteiger partial charge in [-0.3, -0.25) is 0 Å². The zero-order valence-corrected chi connectivity index (χ0v) is 23.5. The molecule has 2 saturated heterocycles. The number of aryl methyl sites for hydroxylation is 1. The highest BCUT2D eigenvalue weighted by molar-refractivity contribution is 7.90. The fourth-order valence-corrected chi connectivity index (χ4v) is 6.24. The third-order valence-corrected chi connectivity index (χ3v) is 8.95. The number of alkyl halides is 3. The average molecular weight is 610 g/mol. The van der Waals surface area contributed by atoms with Crippen molar-refractivity contribution in [3.05, 3.63) is 70.9 Å². The Kier molecular flexibility index (Phi) is 8.20. The average Bonchev–Trinajstić information content (AvgIpc) is 3.58. The monoisotopic (exact) mass is 609 g/mol. The summed E-state index contributed by atoms with van der Waals surface area (Å²) in [7, 11) is -3.74. The van der Waals surface area contributed by atoms with Crippen molar-refractivity contribution >= 4 is 44.2 Å². The number of fused-ring (bicyclic) bond motifs is 1. The molecule has 0 bridgehead atoms. The number of ether oxygens (including phenoxy) is 2. The van der Waals surface area contributed by atoms with Crippen LogP contribution in [0.5, 0.6) is 0 Å². The fraction of sp³-hybridized carbons (Fsp3) is 0.346. The van der Waals surface area contributed by atoms with Crippen LogP contribution in [0.1, 0.15) is 10.7 Å². The van der Waals surface area contributed by atoms with Crippen LogP contribution in [0.3, 0.4) is 0 Å². The lowest BCUT2D eigenvalue weighted by Gasteiger charge is -2.37. The Balaban J connectivity index is 0.000000287. The van der Waals surface area contributed by atoms with Crippen LogP contribution in [0.25, 0.3) is 11.0 Å². The molecule has 2 fully saturated rings. The molecule has 0 atom stereocenters. The summed E-state index contributed by atoms with van der Waals surface area (Å²) in [5.74, 6) is 0. The van der Waals surface area contributed by atoms with E-state index in [9.17, 15) is 26.4 Å². The first-order valence-corrected chi connectivity index (χ1v) is 14.9. The fourth-order valence-electron chi connectivity index (χ4n) is 4.30. The van der Waals surface area contributed by atoms with Gasteiger partial charge in [-0.15, -0.1) is 11.3 Å². The number of thiazole rings is 1. The number of hydrogen-bond donors (Lipinski definition) is 0. The third-order valence-electron chi connectivity index (χ3n) is 6.49. The Morgan fingerprint density at radius 2 is 1.78 bits per heavy atom. The van der Waals surface area contributed by atoms with E-state index in [4.69, 9.17) is 9.47 Å². The lowest BCUT2D eigenvalue weighted by atomic mass is 10.2. The minimum absolute atomic E-state index is 0.142. The molecule has 1 aromatic carbocycles. The van der Waals surface area contributed by atoms with Gasteiger partial charge in [-0.2, -0.15) is 13.2 Å². The van der Waals surface area contributed by atoms with E-state index in [0.29, 0.717) is 50.0 Å². The first-order chi connectivity index (χ1) is 19.5. The number of anilines is 1. The van der Waals surface area contributed by atoms with Crippen molar-refractivity contribution in [2.24, 2.45) is 0 Å². The second-order valence-corrected chi connectivity index (χ2v) is 12.1. The maximum Gasteiger partial charge on any atom is 0.434 e. The van der Waals surface area contributed by atoms with Crippen LogP contribution >= 0.6 is 11.3 Å². The molecular formula is C26H26F3N5O5S2. The molecule has 15 heteroatoms. The van der Waals surface area contributed by atoms with E-state index in [1.807, 2.05) is 6.07 Å². The largest absolute Gasteiger partial charge is 0.441 e. The molecule has 6 rings (SSSR count). The van der Waals surface area contributed by atoms with E-state index in [1.165, 1.54) is 10.2 Å². The third kappa shape index (κ3) is 6.31. The highest BCUT2D eigenvalue weighted by Gasteiger charge is 2.33. The van der Waals surface area contributed by atoms with Gasteiger partial charge in [-0.25, -0.2) is 27.2 Å². The number of carbonyl (C=O) groups excluding carboxylic acids is 1. The molecule has 10 nitrogen and oxygen atoms in total. The summed E-state index contributed by atoms with van der Waals surface area (Å²) in [4.78, 5) is 23.9. The smallest absolute Gasteiger partial charge is 0.434 e. The summed E-state index contributed by atoms with van der Waals surface area (Å²) in [5, 5.41) is 2.20. The van der Waals surface area contributed by atoms with Gasteiger partial charge in [0.15, 0.2) is 17.4 Å². The number of nitrogens with zero attached hydrogens (tertiary/aromatic N) is 5. The summed E-state index contributed by atoms with van der Waals surface area (Å²) < 4.78 is 73.0. The Morgan fingerprint density at radius 1 is 1.07 bits per heavy atom. The predicted molar refractivity (Wildman–Crippen MR) is 145 cm³/mol. The van der Waals surface area contributed by atoms with Crippen LogP contribution in [0.2, 0.25) is 0 Å². The van der Waals surface area contributed by atoms with Crippen LogP contribution in [0.15, 0.2) is 65.1 Å². The van der Waals surface area contributed by atoms with Gasteiger partial charge >= 0.3 is 12.3 Å². The number of benzene rings is 1. The molecule has 0 radical (unpaired) electrons. The number of rotatable bonds is 4. The van der Waals surface area contributed by atoms with Gasteiger partial charge in [0.1, 0.15) is 0 Å². The molecule has 3 aromatic heterocycles. The van der Waals surface area contributed by atoms with Crippen molar-refractivity contribution < 1.29 is 35.9 Å². The lowest BCUT2D eigenvalue weighted by molar-refractivity contribution is -0.140. The zero-order chi connectivity index (χ0) is 29.2. The molecule has 2 aliphatic heterocycles. The summed E-state index contributed by atoms with van der Waals surface area (Å²) in [5.41, 5.74) is 0.482. The normalized spacial score (nSPS) is 16.2. The van der Waals surface area contributed by atoms with Crippen LogP contribution in [-0.2, 0) is 25.7 Å². The van der Waals surface area contributed by atoms with Gasteiger partial charge in [0.05, 0.1) is 23.1 Å². The predicted octanol–water partition coefficient (Wildman–Crippen LogP) is 4.40. The highest BCUT2D eigenvalue weighted by Crippen LogP contribution is 2.30. The van der Waals surface area contributed by atoms with Crippen molar-refractivity contribution in [3.8, 4) is 0 Å². The van der Waals surface area contributed by atoms with Crippen molar-refractivity contribution in [3.63, 3.8) is 0 Å². The summed E-state index contributed by atoms with van der Waals surface area (Å²) in [6.45, 7) is 4.75. The van der Waals surface area contributed by atoms with Gasteiger partial charge < -0.3 is 19.3 Å². The SMILES string of the molecule is Cc1nc(C(F)(F)F)cs1.O=C(OC1COC1)N1CCN(c2ccnc3c2ccn3S(=O)(=O)c2ccccc2)CC1. The molecule has 0 spiro atoms. The molecule has 1 amide bonds. The standard InChI is InChI=1S/C21H22N4O5S.C5H4F3NS/c26-21(30-16-14-29-15-16)24-12-10-23(11-13-24)19-6-8-22-20-18(19)7-9-25(20)31(27,28)17-4-2-1-3-5-17;1-3-9-4(2-10-3)5(6,7)8/h1-9,16H,10-15H2;2H,1H3. The lowest BCUT2D eigenvalue weighted by Crippen LogP contribution is -2.51. The van der Waals surface area contributed by atoms with E-state index in [1.54, 1.807) is 54.4 Å². The van der Waals surface area contributed by atoms with Crippen molar-refractivity contribution in [1.82, 2.24) is 18.8 Å². The maximum absolute atomic E-state index is 13.1. The molecule has 218 valence electrons. The number of piperazine rings is 1. The van der Waals surface area contributed by atoms with E-state index < -0.39 is 21.9 Å². The number of hydrogen-bond acceptors (Lipinski definition) is 9. The quantitative estimate of drug-likeness (QED) is 0.335. The first kappa shape index (κ1) is 28.8. The van der Waals surface area contributed by atoms with Gasteiger partial charge in [0.25, 0.3) is 10.0 Å². The molecule has 4 aromatic rings. The molecule has 5 heterocycles. The van der Waals surface area contributed by atoms with E-state index in [2.05, 4.69) is 14.9 Å². The van der Waals surface area contributed by atoms with Gasteiger partial charge in [0, 0.05) is 55.0 Å². The number of pyridine rings is 1. The van der Waals surface area contributed by atoms with Crippen molar-refractivity contribution in [2.45, 2.75) is 24.1 Å². The Labute approximate surface area is 238 Å².